The number of alkyl carbamates (subject to hydrolysis) is 1. The third-order valence-corrected chi connectivity index (χ3v) is 2.97. The summed E-state index contributed by atoms with van der Waals surface area (Å²) >= 11 is 0. The molecule has 146 valence electrons. The summed E-state index contributed by atoms with van der Waals surface area (Å²) in [5, 5.41) is 8.99. The van der Waals surface area contributed by atoms with Crippen LogP contribution in [0.4, 0.5) is 4.79 Å². The average Bonchev–Trinajstić information content (AvgIpc) is 2.52. The Kier molecular flexibility index (Phi) is 12.3. The van der Waals surface area contributed by atoms with Crippen molar-refractivity contribution in [2.45, 2.75) is 59.0 Å². The van der Waals surface area contributed by atoms with Gasteiger partial charge in [-0.25, -0.2) is 4.79 Å². The van der Waals surface area contributed by atoms with E-state index in [1.807, 2.05) is 27.7 Å². The molecular weight excluding hydrogens is 324 g/mol. The molecule has 0 spiro atoms. The first kappa shape index (κ1) is 23.0. The second kappa shape index (κ2) is 13.3. The SMILES string of the molecule is CCNC(=NCCCCCC(=O)OC)NCCNC(=O)OC(C)(C)C. The van der Waals surface area contributed by atoms with Crippen LogP contribution in [0.2, 0.25) is 0 Å². The van der Waals surface area contributed by atoms with E-state index >= 15 is 0 Å². The number of ether oxygens (including phenoxy) is 2. The molecule has 1 amide bonds. The van der Waals surface area contributed by atoms with Crippen LogP contribution < -0.4 is 16.0 Å². The molecule has 0 aliphatic heterocycles. The lowest BCUT2D eigenvalue weighted by Gasteiger charge is -2.19. The topological polar surface area (TPSA) is 101 Å². The largest absolute Gasteiger partial charge is 0.469 e. The van der Waals surface area contributed by atoms with Gasteiger partial charge in [0.1, 0.15) is 5.60 Å². The van der Waals surface area contributed by atoms with Gasteiger partial charge < -0.3 is 25.4 Å². The van der Waals surface area contributed by atoms with E-state index in [1.54, 1.807) is 0 Å². The predicted molar refractivity (Wildman–Crippen MR) is 98.7 cm³/mol. The minimum Gasteiger partial charge on any atom is -0.469 e. The van der Waals surface area contributed by atoms with E-state index in [2.05, 4.69) is 25.7 Å². The summed E-state index contributed by atoms with van der Waals surface area (Å²) in [7, 11) is 1.40. The molecule has 0 heterocycles. The molecule has 0 saturated carbocycles. The van der Waals surface area contributed by atoms with Crippen molar-refractivity contribution in [3.8, 4) is 0 Å². The number of rotatable bonds is 10. The number of esters is 1. The molecule has 0 rings (SSSR count). The van der Waals surface area contributed by atoms with Crippen LogP contribution in [-0.4, -0.2) is 56.9 Å². The van der Waals surface area contributed by atoms with E-state index in [1.165, 1.54) is 7.11 Å². The molecule has 3 N–H and O–H groups in total. The Morgan fingerprint density at radius 2 is 1.68 bits per heavy atom. The highest BCUT2D eigenvalue weighted by atomic mass is 16.6. The summed E-state index contributed by atoms with van der Waals surface area (Å²) < 4.78 is 9.76. The summed E-state index contributed by atoms with van der Waals surface area (Å²) in [6, 6.07) is 0. The molecule has 0 fully saturated rings. The minimum atomic E-state index is -0.498. The number of unbranched alkanes of at least 4 members (excludes halogenated alkanes) is 2. The first-order valence-corrected chi connectivity index (χ1v) is 8.84. The smallest absolute Gasteiger partial charge is 0.407 e. The number of aliphatic imine (C=N–C) groups is 1. The van der Waals surface area contributed by atoms with E-state index < -0.39 is 11.7 Å². The lowest BCUT2D eigenvalue weighted by Crippen LogP contribution is -2.42. The van der Waals surface area contributed by atoms with Crippen molar-refractivity contribution in [3.05, 3.63) is 0 Å². The molecule has 0 bridgehead atoms. The fourth-order valence-electron chi connectivity index (χ4n) is 1.85. The van der Waals surface area contributed by atoms with Crippen molar-refractivity contribution in [2.24, 2.45) is 4.99 Å². The Bertz CT molecular complexity index is 419. The number of nitrogens with one attached hydrogen (secondary N) is 3. The molecular formula is C17H34N4O4. The summed E-state index contributed by atoms with van der Waals surface area (Å²) in [4.78, 5) is 27.0. The second-order valence-corrected chi connectivity index (χ2v) is 6.50. The Morgan fingerprint density at radius 1 is 1.00 bits per heavy atom. The number of carbonyl (C=O) groups is 2. The van der Waals surface area contributed by atoms with Crippen LogP contribution in [0, 0.1) is 0 Å². The van der Waals surface area contributed by atoms with Crippen molar-refractivity contribution in [2.75, 3.05) is 33.3 Å². The van der Waals surface area contributed by atoms with Gasteiger partial charge in [-0.3, -0.25) is 9.79 Å². The highest BCUT2D eigenvalue weighted by Crippen LogP contribution is 2.06. The maximum Gasteiger partial charge on any atom is 0.407 e. The minimum absolute atomic E-state index is 0.170. The molecule has 0 aromatic rings. The van der Waals surface area contributed by atoms with Crippen LogP contribution in [0.3, 0.4) is 0 Å². The number of guanidine groups is 1. The zero-order valence-corrected chi connectivity index (χ0v) is 16.2. The molecule has 0 radical (unpaired) electrons. The molecule has 8 nitrogen and oxygen atoms in total. The van der Waals surface area contributed by atoms with Gasteiger partial charge in [-0.2, -0.15) is 0 Å². The third kappa shape index (κ3) is 15.3. The van der Waals surface area contributed by atoms with Crippen LogP contribution in [-0.2, 0) is 14.3 Å². The van der Waals surface area contributed by atoms with E-state index in [0.29, 0.717) is 32.0 Å². The van der Waals surface area contributed by atoms with E-state index in [-0.39, 0.29) is 5.97 Å². The first-order valence-electron chi connectivity index (χ1n) is 8.84. The maximum atomic E-state index is 11.5. The monoisotopic (exact) mass is 358 g/mol. The molecule has 0 aliphatic rings. The van der Waals surface area contributed by atoms with Crippen molar-refractivity contribution < 1.29 is 19.1 Å². The highest BCUT2D eigenvalue weighted by Gasteiger charge is 2.15. The van der Waals surface area contributed by atoms with E-state index in [4.69, 9.17) is 4.74 Å². The molecule has 25 heavy (non-hydrogen) atoms. The van der Waals surface area contributed by atoms with Crippen LogP contribution >= 0.6 is 0 Å². The van der Waals surface area contributed by atoms with Gasteiger partial charge in [0, 0.05) is 32.6 Å². The molecule has 0 aliphatic carbocycles. The fraction of sp³-hybridized carbons (Fsp3) is 0.824. The first-order chi connectivity index (χ1) is 11.8. The van der Waals surface area contributed by atoms with Crippen molar-refractivity contribution in [1.82, 2.24) is 16.0 Å². The maximum absolute atomic E-state index is 11.5. The summed E-state index contributed by atoms with van der Waals surface area (Å²) in [6.45, 7) is 9.89. The molecule has 0 unspecified atom stereocenters. The Morgan fingerprint density at radius 3 is 2.28 bits per heavy atom. The van der Waals surface area contributed by atoms with Crippen molar-refractivity contribution in [1.29, 1.82) is 0 Å². The van der Waals surface area contributed by atoms with Crippen LogP contribution in [0.25, 0.3) is 0 Å². The normalized spacial score (nSPS) is 11.6. The summed E-state index contributed by atoms with van der Waals surface area (Å²) in [5.74, 6) is 0.539. The number of hydrogen-bond donors (Lipinski definition) is 3. The predicted octanol–water partition coefficient (Wildman–Crippen LogP) is 1.80. The fourth-order valence-corrected chi connectivity index (χ4v) is 1.85. The third-order valence-electron chi connectivity index (χ3n) is 2.97. The standard InChI is InChI=1S/C17H34N4O4/c1-6-18-15(19-11-9-7-8-10-14(22)24-5)20-12-13-21-16(23)25-17(2,3)4/h6-13H2,1-5H3,(H,21,23)(H2,18,19,20). The van der Waals surface area contributed by atoms with E-state index in [9.17, 15) is 9.59 Å². The molecule has 0 aromatic carbocycles. The Hall–Kier alpha value is -1.99. The van der Waals surface area contributed by atoms with Gasteiger partial charge >= 0.3 is 12.1 Å². The van der Waals surface area contributed by atoms with Crippen LogP contribution in [0.1, 0.15) is 53.4 Å². The van der Waals surface area contributed by atoms with Crippen molar-refractivity contribution in [3.63, 3.8) is 0 Å². The second-order valence-electron chi connectivity index (χ2n) is 6.50. The molecule has 0 saturated heterocycles. The molecule has 8 heteroatoms. The lowest BCUT2D eigenvalue weighted by molar-refractivity contribution is -0.140. The molecule has 0 atom stereocenters. The number of amides is 1. The van der Waals surface area contributed by atoms with Gasteiger partial charge in [-0.15, -0.1) is 0 Å². The van der Waals surface area contributed by atoms with Gasteiger partial charge in [0.15, 0.2) is 5.96 Å². The lowest BCUT2D eigenvalue weighted by atomic mass is 10.2. The zero-order valence-electron chi connectivity index (χ0n) is 16.2. The Balaban J connectivity index is 3.92. The van der Waals surface area contributed by atoms with Gasteiger partial charge in [0.2, 0.25) is 0 Å². The number of nitrogens with zero attached hydrogens (tertiary/aromatic N) is 1. The highest BCUT2D eigenvalue weighted by molar-refractivity contribution is 5.79. The van der Waals surface area contributed by atoms with Gasteiger partial charge in [0.05, 0.1) is 7.11 Å². The van der Waals surface area contributed by atoms with Crippen LogP contribution in [0.5, 0.6) is 0 Å². The quantitative estimate of drug-likeness (QED) is 0.238. The van der Waals surface area contributed by atoms with Gasteiger partial charge in [-0.05, 0) is 40.5 Å². The number of methoxy groups -OCH3 is 1. The van der Waals surface area contributed by atoms with Crippen LogP contribution in [0.15, 0.2) is 4.99 Å². The van der Waals surface area contributed by atoms with Gasteiger partial charge in [-0.1, -0.05) is 6.42 Å². The summed E-state index contributed by atoms with van der Waals surface area (Å²) in [6.07, 6.45) is 2.67. The van der Waals surface area contributed by atoms with Gasteiger partial charge in [0.25, 0.3) is 0 Å². The van der Waals surface area contributed by atoms with E-state index in [0.717, 1.165) is 25.8 Å². The average molecular weight is 358 g/mol. The number of hydrogen-bond acceptors (Lipinski definition) is 5. The Labute approximate surface area is 151 Å². The summed E-state index contributed by atoms with van der Waals surface area (Å²) in [5.41, 5.74) is -0.498. The molecule has 0 aromatic heterocycles. The number of carbonyl (C=O) groups excluding carboxylic acids is 2. The zero-order chi connectivity index (χ0) is 19.1. The van der Waals surface area contributed by atoms with Crippen molar-refractivity contribution >= 4 is 18.0 Å².